The van der Waals surface area contributed by atoms with Crippen LogP contribution in [0.5, 0.6) is 0 Å². The number of nitrogens with zero attached hydrogens (tertiary/aromatic N) is 2. The van der Waals surface area contributed by atoms with Crippen LogP contribution in [-0.2, 0) is 11.2 Å². The molecule has 1 rings (SSSR count). The second kappa shape index (κ2) is 6.32. The summed E-state index contributed by atoms with van der Waals surface area (Å²) >= 11 is 0. The number of aromatic nitrogens is 2. The maximum Gasteiger partial charge on any atom is 0.223 e. The molecular formula is C11H18N2O2. The molecule has 0 radical (unpaired) electrons. The lowest BCUT2D eigenvalue weighted by molar-refractivity contribution is -0.118. The third-order valence-corrected chi connectivity index (χ3v) is 2.23. The maximum absolute atomic E-state index is 11.5. The Labute approximate surface area is 90.1 Å². The highest BCUT2D eigenvalue weighted by molar-refractivity contribution is 5.79. The number of carbonyl (C=O) groups excluding carboxylic acids is 1. The molecule has 84 valence electrons. The molecule has 0 saturated carbocycles. The maximum atomic E-state index is 11.5. The average Bonchev–Trinajstić information content (AvgIpc) is 2.59. The average molecular weight is 210 g/mol. The fraction of sp³-hybridized carbons (Fsp3) is 0.727. The van der Waals surface area contributed by atoms with Crippen molar-refractivity contribution in [2.75, 3.05) is 0 Å². The number of carbonyl (C=O) groups is 1. The number of hydrogen-bond acceptors (Lipinski definition) is 4. The van der Waals surface area contributed by atoms with Crippen molar-refractivity contribution in [3.05, 3.63) is 11.8 Å². The number of Topliss-reactive ketones (excluding diaryl/α,β-unsaturated/α-hetero) is 1. The highest BCUT2D eigenvalue weighted by Crippen LogP contribution is 2.06. The van der Waals surface area contributed by atoms with Crippen molar-refractivity contribution in [2.45, 2.75) is 52.4 Å². The predicted molar refractivity (Wildman–Crippen MR) is 56.5 cm³/mol. The van der Waals surface area contributed by atoms with Crippen LogP contribution < -0.4 is 0 Å². The fourth-order valence-corrected chi connectivity index (χ4v) is 1.41. The number of hydrogen-bond donors (Lipinski definition) is 0. The molecule has 0 spiro atoms. The molecule has 0 saturated heterocycles. The van der Waals surface area contributed by atoms with Gasteiger partial charge in [0, 0.05) is 13.3 Å². The van der Waals surface area contributed by atoms with Gasteiger partial charge in [-0.2, -0.15) is 0 Å². The van der Waals surface area contributed by atoms with Gasteiger partial charge in [-0.1, -0.05) is 26.2 Å². The van der Waals surface area contributed by atoms with E-state index in [0.717, 1.165) is 12.8 Å². The monoisotopic (exact) mass is 210 g/mol. The Morgan fingerprint density at radius 3 is 2.67 bits per heavy atom. The summed E-state index contributed by atoms with van der Waals surface area (Å²) in [6.45, 7) is 3.88. The second-order valence-corrected chi connectivity index (χ2v) is 3.74. The first-order valence-corrected chi connectivity index (χ1v) is 5.53. The fourth-order valence-electron chi connectivity index (χ4n) is 1.41. The van der Waals surface area contributed by atoms with Crippen molar-refractivity contribution in [3.63, 3.8) is 0 Å². The Morgan fingerprint density at radius 2 is 2.07 bits per heavy atom. The van der Waals surface area contributed by atoms with E-state index in [1.165, 1.54) is 12.8 Å². The van der Waals surface area contributed by atoms with Gasteiger partial charge in [-0.25, -0.2) is 0 Å². The van der Waals surface area contributed by atoms with Crippen LogP contribution in [0.2, 0.25) is 0 Å². The Bertz CT molecular complexity index is 307. The van der Waals surface area contributed by atoms with Crippen LogP contribution in [-0.4, -0.2) is 16.0 Å². The molecule has 1 heterocycles. The zero-order chi connectivity index (χ0) is 11.1. The molecular weight excluding hydrogens is 192 g/mol. The summed E-state index contributed by atoms with van der Waals surface area (Å²) in [6, 6.07) is 0. The van der Waals surface area contributed by atoms with Gasteiger partial charge in [0.05, 0.1) is 6.42 Å². The van der Waals surface area contributed by atoms with E-state index in [1.54, 1.807) is 6.92 Å². The van der Waals surface area contributed by atoms with Crippen LogP contribution in [0.3, 0.4) is 0 Å². The van der Waals surface area contributed by atoms with Gasteiger partial charge < -0.3 is 4.42 Å². The lowest BCUT2D eigenvalue weighted by Crippen LogP contribution is -2.02. The molecule has 0 bridgehead atoms. The Morgan fingerprint density at radius 1 is 1.27 bits per heavy atom. The topological polar surface area (TPSA) is 56.0 Å². The second-order valence-electron chi connectivity index (χ2n) is 3.74. The van der Waals surface area contributed by atoms with Crippen LogP contribution in [0.25, 0.3) is 0 Å². The third kappa shape index (κ3) is 4.72. The normalized spacial score (nSPS) is 10.5. The van der Waals surface area contributed by atoms with Crippen molar-refractivity contribution < 1.29 is 9.21 Å². The highest BCUT2D eigenvalue weighted by Gasteiger charge is 2.08. The standard InChI is InChI=1S/C11H18N2O2/c1-3-4-5-6-7-10(14)8-11-13-12-9(2)15-11/h3-8H2,1-2H3. The predicted octanol–water partition coefficient (Wildman–Crippen LogP) is 2.46. The van der Waals surface area contributed by atoms with E-state index in [0.29, 0.717) is 18.2 Å². The molecule has 0 aromatic carbocycles. The summed E-state index contributed by atoms with van der Waals surface area (Å²) in [7, 11) is 0. The minimum Gasteiger partial charge on any atom is -0.425 e. The molecule has 0 unspecified atom stereocenters. The summed E-state index contributed by atoms with van der Waals surface area (Å²) in [4.78, 5) is 11.5. The van der Waals surface area contributed by atoms with E-state index in [1.807, 2.05) is 0 Å². The summed E-state index contributed by atoms with van der Waals surface area (Å²) in [5.74, 6) is 1.14. The van der Waals surface area contributed by atoms with Gasteiger partial charge in [-0.3, -0.25) is 4.79 Å². The van der Waals surface area contributed by atoms with Crippen molar-refractivity contribution in [3.8, 4) is 0 Å². The number of unbranched alkanes of at least 4 members (excludes halogenated alkanes) is 3. The van der Waals surface area contributed by atoms with E-state index in [-0.39, 0.29) is 12.2 Å². The van der Waals surface area contributed by atoms with Crippen molar-refractivity contribution in [1.29, 1.82) is 0 Å². The van der Waals surface area contributed by atoms with E-state index >= 15 is 0 Å². The molecule has 4 nitrogen and oxygen atoms in total. The Hall–Kier alpha value is -1.19. The molecule has 0 fully saturated rings. The van der Waals surface area contributed by atoms with Crippen LogP contribution in [0, 0.1) is 6.92 Å². The van der Waals surface area contributed by atoms with Crippen LogP contribution >= 0.6 is 0 Å². The molecule has 1 aromatic rings. The van der Waals surface area contributed by atoms with Crippen molar-refractivity contribution >= 4 is 5.78 Å². The van der Waals surface area contributed by atoms with Crippen molar-refractivity contribution in [2.24, 2.45) is 0 Å². The number of ketones is 1. The molecule has 0 atom stereocenters. The zero-order valence-corrected chi connectivity index (χ0v) is 9.45. The minimum absolute atomic E-state index is 0.190. The van der Waals surface area contributed by atoms with Gasteiger partial charge in [0.15, 0.2) is 0 Å². The Kier molecular flexibility index (Phi) is 5.01. The quantitative estimate of drug-likeness (QED) is 0.649. The molecule has 0 aliphatic carbocycles. The largest absolute Gasteiger partial charge is 0.425 e. The van der Waals surface area contributed by atoms with E-state index < -0.39 is 0 Å². The van der Waals surface area contributed by atoms with Gasteiger partial charge in [0.1, 0.15) is 5.78 Å². The summed E-state index contributed by atoms with van der Waals surface area (Å²) < 4.78 is 5.14. The SMILES string of the molecule is CCCCCCC(=O)Cc1nnc(C)o1. The van der Waals surface area contributed by atoms with Gasteiger partial charge >= 0.3 is 0 Å². The third-order valence-electron chi connectivity index (χ3n) is 2.23. The smallest absolute Gasteiger partial charge is 0.223 e. The molecule has 0 amide bonds. The molecule has 4 heteroatoms. The van der Waals surface area contributed by atoms with E-state index in [9.17, 15) is 4.79 Å². The van der Waals surface area contributed by atoms with Crippen LogP contribution in [0.4, 0.5) is 0 Å². The highest BCUT2D eigenvalue weighted by atomic mass is 16.4. The Balaban J connectivity index is 2.18. The molecule has 0 aliphatic heterocycles. The molecule has 1 aromatic heterocycles. The van der Waals surface area contributed by atoms with Gasteiger partial charge in [0.25, 0.3) is 0 Å². The summed E-state index contributed by atoms with van der Waals surface area (Å²) in [5, 5.41) is 7.47. The lowest BCUT2D eigenvalue weighted by Gasteiger charge is -1.97. The first kappa shape index (κ1) is 11.9. The van der Waals surface area contributed by atoms with E-state index in [2.05, 4.69) is 17.1 Å². The number of rotatable bonds is 7. The number of aryl methyl sites for hydroxylation is 1. The van der Waals surface area contributed by atoms with Gasteiger partial charge in [-0.15, -0.1) is 10.2 Å². The van der Waals surface area contributed by atoms with E-state index in [4.69, 9.17) is 4.42 Å². The zero-order valence-electron chi connectivity index (χ0n) is 9.45. The first-order valence-electron chi connectivity index (χ1n) is 5.53. The minimum atomic E-state index is 0.190. The summed E-state index contributed by atoms with van der Waals surface area (Å²) in [5.41, 5.74) is 0. The first-order chi connectivity index (χ1) is 7.22. The summed E-state index contributed by atoms with van der Waals surface area (Å²) in [6.07, 6.45) is 5.41. The van der Waals surface area contributed by atoms with Crippen molar-refractivity contribution in [1.82, 2.24) is 10.2 Å². The molecule has 0 aliphatic rings. The molecule has 0 N–H and O–H groups in total. The molecule has 15 heavy (non-hydrogen) atoms. The lowest BCUT2D eigenvalue weighted by atomic mass is 10.1. The van der Waals surface area contributed by atoms with Gasteiger partial charge in [0.2, 0.25) is 11.8 Å². The van der Waals surface area contributed by atoms with Crippen LogP contribution in [0.1, 0.15) is 50.8 Å². The van der Waals surface area contributed by atoms with Crippen LogP contribution in [0.15, 0.2) is 4.42 Å². The van der Waals surface area contributed by atoms with Gasteiger partial charge in [-0.05, 0) is 6.42 Å².